The molecule has 17 heavy (non-hydrogen) atoms. The van der Waals surface area contributed by atoms with E-state index in [1.807, 2.05) is 56.5 Å². The summed E-state index contributed by atoms with van der Waals surface area (Å²) in [6, 6.07) is 0. The van der Waals surface area contributed by atoms with Crippen LogP contribution < -0.4 is 0 Å². The van der Waals surface area contributed by atoms with Gasteiger partial charge in [-0.15, -0.1) is 0 Å². The maximum Gasteiger partial charge on any atom is 0.0902 e. The fourth-order valence-electron chi connectivity index (χ4n) is 1.29. The summed E-state index contributed by atoms with van der Waals surface area (Å²) in [5.41, 5.74) is 2.13. The highest BCUT2D eigenvalue weighted by atomic mass is 15.1. The Hall–Kier alpha value is -1.83. The van der Waals surface area contributed by atoms with E-state index in [-0.39, 0.29) is 0 Å². The fraction of sp³-hybridized carbons (Fsp3) is 0.267. The van der Waals surface area contributed by atoms with Gasteiger partial charge in [-0.3, -0.25) is 5.41 Å². The zero-order valence-corrected chi connectivity index (χ0v) is 11.0. The summed E-state index contributed by atoms with van der Waals surface area (Å²) in [5, 5.41) is 7.38. The molecule has 0 saturated heterocycles. The van der Waals surface area contributed by atoms with Crippen LogP contribution in [0.3, 0.4) is 0 Å². The molecule has 0 aliphatic carbocycles. The minimum Gasteiger partial charge on any atom is -0.309 e. The maximum atomic E-state index is 7.38. The first-order valence-electron chi connectivity index (χ1n) is 5.81. The summed E-state index contributed by atoms with van der Waals surface area (Å²) in [6.45, 7) is 9.76. The van der Waals surface area contributed by atoms with Crippen LogP contribution in [0.5, 0.6) is 0 Å². The van der Waals surface area contributed by atoms with Gasteiger partial charge in [0, 0.05) is 11.9 Å². The van der Waals surface area contributed by atoms with E-state index in [1.54, 1.807) is 4.90 Å². The fourth-order valence-corrected chi connectivity index (χ4v) is 1.29. The van der Waals surface area contributed by atoms with Gasteiger partial charge in [-0.1, -0.05) is 37.8 Å². The zero-order valence-electron chi connectivity index (χ0n) is 11.0. The highest BCUT2D eigenvalue weighted by Gasteiger charge is 1.98. The third kappa shape index (κ3) is 5.71. The molecule has 0 heterocycles. The van der Waals surface area contributed by atoms with Crippen LogP contribution in [0, 0.1) is 5.41 Å². The molecular weight excluding hydrogens is 208 g/mol. The van der Waals surface area contributed by atoms with Crippen molar-refractivity contribution >= 4 is 6.34 Å². The molecule has 0 aromatic rings. The topological polar surface area (TPSA) is 27.1 Å². The van der Waals surface area contributed by atoms with Crippen molar-refractivity contribution in [2.75, 3.05) is 0 Å². The number of nitrogens with zero attached hydrogens (tertiary/aromatic N) is 1. The Balaban J connectivity index is 5.20. The van der Waals surface area contributed by atoms with Crippen LogP contribution in [0.4, 0.5) is 0 Å². The van der Waals surface area contributed by atoms with Gasteiger partial charge in [-0.2, -0.15) is 0 Å². The summed E-state index contributed by atoms with van der Waals surface area (Å²) in [4.78, 5) is 1.76. The molecule has 0 atom stereocenters. The lowest BCUT2D eigenvalue weighted by Crippen LogP contribution is -2.11. The van der Waals surface area contributed by atoms with Gasteiger partial charge >= 0.3 is 0 Å². The second-order valence-electron chi connectivity index (χ2n) is 3.41. The predicted molar refractivity (Wildman–Crippen MR) is 76.9 cm³/mol. The van der Waals surface area contributed by atoms with Crippen molar-refractivity contribution < 1.29 is 0 Å². The molecule has 0 unspecified atom stereocenters. The van der Waals surface area contributed by atoms with Gasteiger partial charge < -0.3 is 4.90 Å². The zero-order chi connectivity index (χ0) is 13.1. The SMILES string of the molecule is C=C\C(=C/C=C(\C=C/C)N(C=N)/C=C\C)CC. The van der Waals surface area contributed by atoms with Crippen LogP contribution in [0.2, 0.25) is 0 Å². The maximum absolute atomic E-state index is 7.38. The van der Waals surface area contributed by atoms with Crippen molar-refractivity contribution in [3.63, 3.8) is 0 Å². The van der Waals surface area contributed by atoms with Crippen LogP contribution in [0.25, 0.3) is 0 Å². The molecule has 2 heteroatoms. The first-order chi connectivity index (χ1) is 8.23. The van der Waals surface area contributed by atoms with E-state index in [1.165, 1.54) is 11.9 Å². The third-order valence-electron chi connectivity index (χ3n) is 2.22. The third-order valence-corrected chi connectivity index (χ3v) is 2.22. The van der Waals surface area contributed by atoms with Crippen LogP contribution in [-0.4, -0.2) is 11.2 Å². The summed E-state index contributed by atoms with van der Waals surface area (Å²) in [7, 11) is 0. The predicted octanol–water partition coefficient (Wildman–Crippen LogP) is 4.41. The molecule has 0 spiro atoms. The van der Waals surface area contributed by atoms with E-state index in [9.17, 15) is 0 Å². The summed E-state index contributed by atoms with van der Waals surface area (Å²) in [5.74, 6) is 0. The molecule has 2 nitrogen and oxygen atoms in total. The Morgan fingerprint density at radius 2 is 1.94 bits per heavy atom. The van der Waals surface area contributed by atoms with Crippen molar-refractivity contribution in [3.05, 3.63) is 60.5 Å². The molecule has 1 N–H and O–H groups in total. The summed E-state index contributed by atoms with van der Waals surface area (Å²) in [6.07, 6.45) is 15.8. The molecular formula is C15H22N2. The molecule has 0 bridgehead atoms. The van der Waals surface area contributed by atoms with Gasteiger partial charge in [-0.05, 0) is 38.0 Å². The normalized spacial score (nSPS) is 13.4. The average molecular weight is 230 g/mol. The Bertz CT molecular complexity index is 357. The first-order valence-corrected chi connectivity index (χ1v) is 5.81. The number of hydrogen-bond donors (Lipinski definition) is 1. The molecule has 0 amide bonds. The largest absolute Gasteiger partial charge is 0.309 e. The highest BCUT2D eigenvalue weighted by molar-refractivity contribution is 5.58. The monoisotopic (exact) mass is 230 g/mol. The molecule has 0 saturated carbocycles. The Morgan fingerprint density at radius 3 is 2.35 bits per heavy atom. The minimum absolute atomic E-state index is 0.952. The second kappa shape index (κ2) is 9.40. The van der Waals surface area contributed by atoms with Crippen molar-refractivity contribution in [1.29, 1.82) is 5.41 Å². The Kier molecular flexibility index (Phi) is 8.39. The molecule has 0 aliphatic rings. The lowest BCUT2D eigenvalue weighted by atomic mass is 10.2. The standard InChI is InChI=1S/C15H22N2/c1-5-9-15(17(13-16)12-6-2)11-10-14(7-3)8-4/h5-7,9-13,16H,3,8H2,1-2,4H3/b9-5-,12-6-,14-10+,15-11+,16-13?. The Labute approximate surface area is 105 Å². The Morgan fingerprint density at radius 1 is 1.24 bits per heavy atom. The average Bonchev–Trinajstić information content (AvgIpc) is 2.36. The molecule has 0 aromatic heterocycles. The van der Waals surface area contributed by atoms with E-state index < -0.39 is 0 Å². The van der Waals surface area contributed by atoms with E-state index in [0.29, 0.717) is 0 Å². The number of rotatable bonds is 7. The van der Waals surface area contributed by atoms with Crippen molar-refractivity contribution in [3.8, 4) is 0 Å². The second-order valence-corrected chi connectivity index (χ2v) is 3.41. The number of hydrogen-bond acceptors (Lipinski definition) is 1. The van der Waals surface area contributed by atoms with Crippen LogP contribution in [-0.2, 0) is 0 Å². The van der Waals surface area contributed by atoms with Crippen molar-refractivity contribution in [1.82, 2.24) is 4.90 Å². The van der Waals surface area contributed by atoms with Crippen molar-refractivity contribution in [2.45, 2.75) is 27.2 Å². The number of nitrogens with one attached hydrogen (secondary N) is 1. The van der Waals surface area contributed by atoms with Crippen LogP contribution >= 0.6 is 0 Å². The van der Waals surface area contributed by atoms with E-state index in [0.717, 1.165) is 12.1 Å². The van der Waals surface area contributed by atoms with Crippen LogP contribution in [0.1, 0.15) is 27.2 Å². The summed E-state index contributed by atoms with van der Waals surface area (Å²) < 4.78 is 0. The van der Waals surface area contributed by atoms with Gasteiger partial charge in [0.25, 0.3) is 0 Å². The lowest BCUT2D eigenvalue weighted by Gasteiger charge is -2.14. The van der Waals surface area contributed by atoms with Gasteiger partial charge in [-0.25, -0.2) is 0 Å². The van der Waals surface area contributed by atoms with E-state index in [2.05, 4.69) is 13.5 Å². The van der Waals surface area contributed by atoms with Gasteiger partial charge in [0.05, 0.1) is 6.34 Å². The quantitative estimate of drug-likeness (QED) is 0.391. The highest BCUT2D eigenvalue weighted by Crippen LogP contribution is 2.08. The molecule has 0 rings (SSSR count). The smallest absolute Gasteiger partial charge is 0.0902 e. The van der Waals surface area contributed by atoms with Crippen molar-refractivity contribution in [2.24, 2.45) is 0 Å². The number of allylic oxidation sites excluding steroid dienone is 7. The lowest BCUT2D eigenvalue weighted by molar-refractivity contribution is 0.728. The van der Waals surface area contributed by atoms with E-state index >= 15 is 0 Å². The van der Waals surface area contributed by atoms with Gasteiger partial charge in [0.2, 0.25) is 0 Å². The molecule has 92 valence electrons. The minimum atomic E-state index is 0.952. The first kappa shape index (κ1) is 15.2. The van der Waals surface area contributed by atoms with Gasteiger partial charge in [0.15, 0.2) is 0 Å². The molecule has 0 radical (unpaired) electrons. The molecule has 0 fully saturated rings. The van der Waals surface area contributed by atoms with Gasteiger partial charge in [0.1, 0.15) is 0 Å². The van der Waals surface area contributed by atoms with E-state index in [4.69, 9.17) is 5.41 Å². The molecule has 0 aliphatic heterocycles. The van der Waals surface area contributed by atoms with Crippen LogP contribution in [0.15, 0.2) is 60.5 Å². The summed E-state index contributed by atoms with van der Waals surface area (Å²) >= 11 is 0. The molecule has 0 aromatic carbocycles.